The Balaban J connectivity index is 2.15. The fraction of sp³-hybridized carbons (Fsp3) is 0.417. The van der Waals surface area contributed by atoms with Crippen LogP contribution in [0.3, 0.4) is 0 Å². The normalized spacial score (nSPS) is 10.1. The molecule has 0 unspecified atom stereocenters. The lowest BCUT2D eigenvalue weighted by Crippen LogP contribution is -2.31. The van der Waals surface area contributed by atoms with Crippen molar-refractivity contribution in [2.75, 3.05) is 13.2 Å². The first-order valence-corrected chi connectivity index (χ1v) is 5.07. The highest BCUT2D eigenvalue weighted by Crippen LogP contribution is 2.06. The zero-order valence-electron chi connectivity index (χ0n) is 9.12. The van der Waals surface area contributed by atoms with Crippen LogP contribution in [-0.4, -0.2) is 19.1 Å². The van der Waals surface area contributed by atoms with E-state index in [1.165, 1.54) is 0 Å². The second kappa shape index (κ2) is 6.06. The molecule has 0 aliphatic rings. The van der Waals surface area contributed by atoms with E-state index < -0.39 is 0 Å². The van der Waals surface area contributed by atoms with Crippen LogP contribution in [0.1, 0.15) is 13.8 Å². The summed E-state index contributed by atoms with van der Waals surface area (Å²) in [6.45, 7) is 4.75. The number of amides is 1. The molecular formula is C12H16NO2. The van der Waals surface area contributed by atoms with Crippen molar-refractivity contribution in [2.45, 2.75) is 13.8 Å². The number of hydrogen-bond donors (Lipinski definition) is 1. The van der Waals surface area contributed by atoms with Crippen molar-refractivity contribution in [2.24, 2.45) is 5.92 Å². The SMILES string of the molecule is CC(C)C(=O)NCCOc1cc[c]cc1. The van der Waals surface area contributed by atoms with Crippen molar-refractivity contribution >= 4 is 5.91 Å². The number of nitrogens with one attached hydrogen (secondary N) is 1. The van der Waals surface area contributed by atoms with Crippen LogP contribution >= 0.6 is 0 Å². The maximum Gasteiger partial charge on any atom is 0.222 e. The minimum absolute atomic E-state index is 0.0244. The van der Waals surface area contributed by atoms with Crippen LogP contribution in [-0.2, 0) is 4.79 Å². The highest BCUT2D eigenvalue weighted by Gasteiger charge is 2.04. The van der Waals surface area contributed by atoms with E-state index >= 15 is 0 Å². The van der Waals surface area contributed by atoms with Gasteiger partial charge >= 0.3 is 0 Å². The largest absolute Gasteiger partial charge is 0.492 e. The number of carbonyl (C=O) groups is 1. The molecule has 0 bridgehead atoms. The topological polar surface area (TPSA) is 38.3 Å². The van der Waals surface area contributed by atoms with E-state index in [1.807, 2.05) is 26.0 Å². The average Bonchev–Trinajstić information content (AvgIpc) is 2.25. The van der Waals surface area contributed by atoms with Gasteiger partial charge in [-0.05, 0) is 18.2 Å². The van der Waals surface area contributed by atoms with Crippen LogP contribution in [0.4, 0.5) is 0 Å². The van der Waals surface area contributed by atoms with Crippen LogP contribution in [0.25, 0.3) is 0 Å². The Kier molecular flexibility index (Phi) is 4.68. The van der Waals surface area contributed by atoms with Crippen molar-refractivity contribution in [3.05, 3.63) is 30.3 Å². The molecule has 0 fully saturated rings. The number of rotatable bonds is 5. The standard InChI is InChI=1S/C12H16NO2/c1-10(2)12(14)13-8-9-15-11-6-4-3-5-7-11/h4-7,10H,8-9H2,1-2H3,(H,13,14). The Morgan fingerprint density at radius 3 is 2.73 bits per heavy atom. The fourth-order valence-electron chi connectivity index (χ4n) is 1.02. The van der Waals surface area contributed by atoms with Gasteiger partial charge in [-0.25, -0.2) is 0 Å². The molecule has 0 atom stereocenters. The van der Waals surface area contributed by atoms with Crippen LogP contribution in [0.2, 0.25) is 0 Å². The van der Waals surface area contributed by atoms with Gasteiger partial charge in [0.1, 0.15) is 12.4 Å². The second-order valence-corrected chi connectivity index (χ2v) is 3.53. The fourth-order valence-corrected chi connectivity index (χ4v) is 1.02. The molecule has 0 aromatic heterocycles. The van der Waals surface area contributed by atoms with Crippen molar-refractivity contribution in [1.82, 2.24) is 5.32 Å². The molecule has 1 rings (SSSR count). The van der Waals surface area contributed by atoms with Gasteiger partial charge < -0.3 is 10.1 Å². The third kappa shape index (κ3) is 4.49. The van der Waals surface area contributed by atoms with Gasteiger partial charge in [-0.15, -0.1) is 0 Å². The van der Waals surface area contributed by atoms with E-state index in [2.05, 4.69) is 11.4 Å². The van der Waals surface area contributed by atoms with E-state index in [0.29, 0.717) is 13.2 Å². The summed E-state index contributed by atoms with van der Waals surface area (Å²) in [5.41, 5.74) is 0. The van der Waals surface area contributed by atoms with Gasteiger partial charge in [0, 0.05) is 5.92 Å². The van der Waals surface area contributed by atoms with Gasteiger partial charge in [-0.3, -0.25) is 4.79 Å². The first kappa shape index (κ1) is 11.6. The first-order valence-electron chi connectivity index (χ1n) is 5.07. The smallest absolute Gasteiger partial charge is 0.222 e. The maximum absolute atomic E-state index is 11.2. The molecule has 1 radical (unpaired) electrons. The molecule has 1 aromatic carbocycles. The molecule has 1 N–H and O–H groups in total. The van der Waals surface area contributed by atoms with Gasteiger partial charge in [0.15, 0.2) is 0 Å². The van der Waals surface area contributed by atoms with Gasteiger partial charge in [-0.1, -0.05) is 26.0 Å². The molecule has 0 saturated heterocycles. The van der Waals surface area contributed by atoms with Gasteiger partial charge in [0.2, 0.25) is 5.91 Å². The molecular weight excluding hydrogens is 190 g/mol. The molecule has 0 heterocycles. The predicted octanol–water partition coefficient (Wildman–Crippen LogP) is 1.64. The predicted molar refractivity (Wildman–Crippen MR) is 58.6 cm³/mol. The molecule has 1 amide bonds. The summed E-state index contributed by atoms with van der Waals surface area (Å²) < 4.78 is 5.40. The molecule has 1 aromatic rings. The highest BCUT2D eigenvalue weighted by atomic mass is 16.5. The van der Waals surface area contributed by atoms with Crippen molar-refractivity contribution < 1.29 is 9.53 Å². The summed E-state index contributed by atoms with van der Waals surface area (Å²) in [7, 11) is 0. The van der Waals surface area contributed by atoms with Crippen LogP contribution in [0.5, 0.6) is 5.75 Å². The van der Waals surface area contributed by atoms with E-state index in [4.69, 9.17) is 4.74 Å². The van der Waals surface area contributed by atoms with Crippen molar-refractivity contribution in [3.63, 3.8) is 0 Å². The molecule has 0 aliphatic carbocycles. The van der Waals surface area contributed by atoms with Gasteiger partial charge in [-0.2, -0.15) is 0 Å². The Labute approximate surface area is 90.4 Å². The lowest BCUT2D eigenvalue weighted by Gasteiger charge is -2.08. The Hall–Kier alpha value is -1.51. The third-order valence-electron chi connectivity index (χ3n) is 1.88. The summed E-state index contributed by atoms with van der Waals surface area (Å²) >= 11 is 0. The molecule has 81 valence electrons. The lowest BCUT2D eigenvalue weighted by molar-refractivity contribution is -0.124. The molecule has 0 spiro atoms. The van der Waals surface area contributed by atoms with Crippen LogP contribution in [0, 0.1) is 12.0 Å². The first-order chi connectivity index (χ1) is 7.20. The van der Waals surface area contributed by atoms with E-state index in [9.17, 15) is 4.79 Å². The summed E-state index contributed by atoms with van der Waals surface area (Å²) in [5.74, 6) is 0.879. The summed E-state index contributed by atoms with van der Waals surface area (Å²) in [5, 5.41) is 2.78. The third-order valence-corrected chi connectivity index (χ3v) is 1.88. The molecule has 3 heteroatoms. The summed E-state index contributed by atoms with van der Waals surface area (Å²) in [6.07, 6.45) is 0. The number of carbonyl (C=O) groups excluding carboxylic acids is 1. The quantitative estimate of drug-likeness (QED) is 0.744. The zero-order chi connectivity index (χ0) is 11.1. The summed E-state index contributed by atoms with van der Waals surface area (Å²) in [6, 6.07) is 10.2. The van der Waals surface area contributed by atoms with Crippen molar-refractivity contribution in [1.29, 1.82) is 0 Å². The highest BCUT2D eigenvalue weighted by molar-refractivity contribution is 5.77. The van der Waals surface area contributed by atoms with Gasteiger partial charge in [0.05, 0.1) is 6.54 Å². The zero-order valence-corrected chi connectivity index (χ0v) is 9.12. The monoisotopic (exact) mass is 206 g/mol. The van der Waals surface area contributed by atoms with E-state index in [0.717, 1.165) is 5.75 Å². The second-order valence-electron chi connectivity index (χ2n) is 3.53. The number of hydrogen-bond acceptors (Lipinski definition) is 2. The molecule has 3 nitrogen and oxygen atoms in total. The van der Waals surface area contributed by atoms with Gasteiger partial charge in [0.25, 0.3) is 0 Å². The number of benzene rings is 1. The Morgan fingerprint density at radius 2 is 2.13 bits per heavy atom. The number of ether oxygens (including phenoxy) is 1. The molecule has 15 heavy (non-hydrogen) atoms. The van der Waals surface area contributed by atoms with E-state index in [1.54, 1.807) is 12.1 Å². The molecule has 0 aliphatic heterocycles. The maximum atomic E-state index is 11.2. The van der Waals surface area contributed by atoms with Crippen molar-refractivity contribution in [3.8, 4) is 5.75 Å². The minimum atomic E-state index is 0.0244. The minimum Gasteiger partial charge on any atom is -0.492 e. The molecule has 0 saturated carbocycles. The Morgan fingerprint density at radius 1 is 1.47 bits per heavy atom. The average molecular weight is 206 g/mol. The summed E-state index contributed by atoms with van der Waals surface area (Å²) in [4.78, 5) is 11.2. The van der Waals surface area contributed by atoms with Crippen LogP contribution in [0.15, 0.2) is 24.3 Å². The van der Waals surface area contributed by atoms with E-state index in [-0.39, 0.29) is 11.8 Å². The van der Waals surface area contributed by atoms with Crippen LogP contribution < -0.4 is 10.1 Å². The Bertz CT molecular complexity index is 296. The lowest BCUT2D eigenvalue weighted by atomic mass is 10.2.